The molecule has 2 nitrogen and oxygen atoms in total. The monoisotopic (exact) mass is 367 g/mol. The second-order valence-electron chi connectivity index (χ2n) is 5.76. The van der Waals surface area contributed by atoms with Crippen LogP contribution in [-0.2, 0) is 13.2 Å². The van der Waals surface area contributed by atoms with E-state index in [0.717, 1.165) is 29.4 Å². The Labute approximate surface area is 157 Å². The van der Waals surface area contributed by atoms with Gasteiger partial charge in [0.1, 0.15) is 12.4 Å². The lowest BCUT2D eigenvalue weighted by Gasteiger charge is -2.13. The average molecular weight is 368 g/mol. The van der Waals surface area contributed by atoms with Crippen LogP contribution in [0.3, 0.4) is 0 Å². The van der Waals surface area contributed by atoms with Gasteiger partial charge in [-0.2, -0.15) is 0 Å². The Morgan fingerprint density at radius 1 is 1.00 bits per heavy atom. The zero-order valence-electron chi connectivity index (χ0n) is 14.3. The van der Waals surface area contributed by atoms with Gasteiger partial charge < -0.3 is 10.1 Å². The van der Waals surface area contributed by atoms with Gasteiger partial charge in [0.2, 0.25) is 0 Å². The predicted molar refractivity (Wildman–Crippen MR) is 105 cm³/mol. The SMILES string of the molecule is CCCCCCNCc1cc(Cl)ccc1OCc1ccccc1.Cl. The van der Waals surface area contributed by atoms with E-state index in [4.69, 9.17) is 16.3 Å². The fourth-order valence-electron chi connectivity index (χ4n) is 2.46. The molecule has 0 fully saturated rings. The van der Waals surface area contributed by atoms with E-state index in [-0.39, 0.29) is 12.4 Å². The first kappa shape index (κ1) is 20.8. The molecule has 0 aliphatic carbocycles. The van der Waals surface area contributed by atoms with Gasteiger partial charge in [-0.3, -0.25) is 0 Å². The first-order valence-electron chi connectivity index (χ1n) is 8.45. The van der Waals surface area contributed by atoms with Gasteiger partial charge in [0, 0.05) is 17.1 Å². The van der Waals surface area contributed by atoms with Crippen molar-refractivity contribution in [3.05, 3.63) is 64.7 Å². The molecule has 2 rings (SSSR count). The first-order chi connectivity index (χ1) is 11.3. The molecule has 4 heteroatoms. The summed E-state index contributed by atoms with van der Waals surface area (Å²) in [5.74, 6) is 0.902. The molecule has 0 aliphatic rings. The van der Waals surface area contributed by atoms with Gasteiger partial charge in [0.05, 0.1) is 0 Å². The Kier molecular flexibility index (Phi) is 10.6. The Morgan fingerprint density at radius 2 is 1.79 bits per heavy atom. The third kappa shape index (κ3) is 7.57. The molecule has 0 spiro atoms. The summed E-state index contributed by atoms with van der Waals surface area (Å²) in [4.78, 5) is 0. The van der Waals surface area contributed by atoms with E-state index < -0.39 is 0 Å². The number of nitrogens with one attached hydrogen (secondary N) is 1. The quantitative estimate of drug-likeness (QED) is 0.519. The van der Waals surface area contributed by atoms with Crippen molar-refractivity contribution in [1.29, 1.82) is 0 Å². The minimum Gasteiger partial charge on any atom is -0.489 e. The van der Waals surface area contributed by atoms with Gasteiger partial charge in [0.15, 0.2) is 0 Å². The molecule has 2 aromatic carbocycles. The van der Waals surface area contributed by atoms with Gasteiger partial charge in [0.25, 0.3) is 0 Å². The van der Waals surface area contributed by atoms with Crippen molar-refractivity contribution < 1.29 is 4.74 Å². The zero-order valence-corrected chi connectivity index (χ0v) is 15.8. The van der Waals surface area contributed by atoms with E-state index in [1.165, 1.54) is 31.2 Å². The molecule has 24 heavy (non-hydrogen) atoms. The van der Waals surface area contributed by atoms with Crippen LogP contribution in [0, 0.1) is 0 Å². The van der Waals surface area contributed by atoms with Crippen LogP contribution in [0.15, 0.2) is 48.5 Å². The molecule has 0 amide bonds. The number of unbranched alkanes of at least 4 members (excludes halogenated alkanes) is 3. The maximum absolute atomic E-state index is 6.13. The molecule has 0 unspecified atom stereocenters. The maximum Gasteiger partial charge on any atom is 0.124 e. The lowest BCUT2D eigenvalue weighted by Crippen LogP contribution is -2.15. The van der Waals surface area contributed by atoms with Crippen molar-refractivity contribution in [2.45, 2.75) is 45.8 Å². The number of hydrogen-bond donors (Lipinski definition) is 1. The molecule has 1 N–H and O–H groups in total. The van der Waals surface area contributed by atoms with Gasteiger partial charge in [-0.25, -0.2) is 0 Å². The van der Waals surface area contributed by atoms with E-state index in [2.05, 4.69) is 24.4 Å². The zero-order chi connectivity index (χ0) is 16.3. The van der Waals surface area contributed by atoms with Crippen molar-refractivity contribution in [2.24, 2.45) is 0 Å². The Balaban J connectivity index is 0.00000288. The summed E-state index contributed by atoms with van der Waals surface area (Å²) in [6, 6.07) is 16.0. The highest BCUT2D eigenvalue weighted by Crippen LogP contribution is 2.24. The number of benzene rings is 2. The highest BCUT2D eigenvalue weighted by molar-refractivity contribution is 6.30. The van der Waals surface area contributed by atoms with Crippen LogP contribution in [0.1, 0.15) is 43.7 Å². The first-order valence-corrected chi connectivity index (χ1v) is 8.83. The summed E-state index contributed by atoms with van der Waals surface area (Å²) in [7, 11) is 0. The minimum absolute atomic E-state index is 0. The molecule has 2 aromatic rings. The Bertz CT molecular complexity index is 575. The summed E-state index contributed by atoms with van der Waals surface area (Å²) in [6.07, 6.45) is 5.08. The summed E-state index contributed by atoms with van der Waals surface area (Å²) < 4.78 is 5.98. The summed E-state index contributed by atoms with van der Waals surface area (Å²) >= 11 is 6.13. The average Bonchev–Trinajstić information content (AvgIpc) is 2.58. The summed E-state index contributed by atoms with van der Waals surface area (Å²) in [5, 5.41) is 4.24. The maximum atomic E-state index is 6.13. The Hall–Kier alpha value is -1.22. The van der Waals surface area contributed by atoms with Crippen LogP contribution < -0.4 is 10.1 Å². The van der Waals surface area contributed by atoms with E-state index in [1.54, 1.807) is 0 Å². The second kappa shape index (κ2) is 12.2. The topological polar surface area (TPSA) is 21.3 Å². The van der Waals surface area contributed by atoms with Crippen LogP contribution >= 0.6 is 24.0 Å². The normalized spacial score (nSPS) is 10.2. The number of rotatable bonds is 10. The molecule has 0 saturated carbocycles. The molecular weight excluding hydrogens is 341 g/mol. The molecular formula is C20H27Cl2NO. The van der Waals surface area contributed by atoms with Crippen LogP contribution in [0.25, 0.3) is 0 Å². The third-order valence-electron chi connectivity index (χ3n) is 3.78. The second-order valence-corrected chi connectivity index (χ2v) is 6.20. The largest absolute Gasteiger partial charge is 0.489 e. The fourth-order valence-corrected chi connectivity index (χ4v) is 2.66. The fraction of sp³-hybridized carbons (Fsp3) is 0.400. The third-order valence-corrected chi connectivity index (χ3v) is 4.02. The predicted octanol–water partition coefficient (Wildman–Crippen LogP) is 6.01. The standard InChI is InChI=1S/C20H26ClNO.ClH/c1-2-3-4-8-13-22-15-18-14-19(21)11-12-20(18)23-16-17-9-6-5-7-10-17;/h5-7,9-12,14,22H,2-4,8,13,15-16H2,1H3;1H. The number of halogens is 2. The van der Waals surface area contributed by atoms with Crippen LogP contribution in [0.4, 0.5) is 0 Å². The molecule has 0 aliphatic heterocycles. The van der Waals surface area contributed by atoms with Crippen LogP contribution in [0.2, 0.25) is 5.02 Å². The number of hydrogen-bond acceptors (Lipinski definition) is 2. The summed E-state index contributed by atoms with van der Waals surface area (Å²) in [5.41, 5.74) is 2.28. The van der Waals surface area contributed by atoms with Gasteiger partial charge in [-0.1, -0.05) is 68.1 Å². The molecule has 0 radical (unpaired) electrons. The van der Waals surface area contributed by atoms with E-state index in [0.29, 0.717) is 6.61 Å². The van der Waals surface area contributed by atoms with E-state index in [9.17, 15) is 0 Å². The van der Waals surface area contributed by atoms with Crippen LogP contribution in [0.5, 0.6) is 5.75 Å². The van der Waals surface area contributed by atoms with E-state index >= 15 is 0 Å². The molecule has 0 atom stereocenters. The summed E-state index contributed by atoms with van der Waals surface area (Å²) in [6.45, 7) is 4.63. The molecule has 0 heterocycles. The molecule has 0 bridgehead atoms. The minimum atomic E-state index is 0. The van der Waals surface area contributed by atoms with Crippen molar-refractivity contribution in [2.75, 3.05) is 6.54 Å². The van der Waals surface area contributed by atoms with Crippen molar-refractivity contribution >= 4 is 24.0 Å². The van der Waals surface area contributed by atoms with Gasteiger partial charge >= 0.3 is 0 Å². The van der Waals surface area contributed by atoms with Crippen molar-refractivity contribution in [1.82, 2.24) is 5.32 Å². The van der Waals surface area contributed by atoms with Gasteiger partial charge in [-0.15, -0.1) is 12.4 Å². The highest BCUT2D eigenvalue weighted by atomic mass is 35.5. The van der Waals surface area contributed by atoms with Crippen LogP contribution in [-0.4, -0.2) is 6.54 Å². The molecule has 0 aromatic heterocycles. The highest BCUT2D eigenvalue weighted by Gasteiger charge is 2.05. The van der Waals surface area contributed by atoms with Gasteiger partial charge in [-0.05, 0) is 36.7 Å². The van der Waals surface area contributed by atoms with Crippen molar-refractivity contribution in [3.63, 3.8) is 0 Å². The lowest BCUT2D eigenvalue weighted by molar-refractivity contribution is 0.302. The van der Waals surface area contributed by atoms with Crippen molar-refractivity contribution in [3.8, 4) is 5.75 Å². The van der Waals surface area contributed by atoms with E-state index in [1.807, 2.05) is 36.4 Å². The lowest BCUT2D eigenvalue weighted by atomic mass is 10.1. The molecule has 132 valence electrons. The Morgan fingerprint density at radius 3 is 2.54 bits per heavy atom. The number of ether oxygens (including phenoxy) is 1. The smallest absolute Gasteiger partial charge is 0.124 e. The molecule has 0 saturated heterocycles.